The zero-order chi connectivity index (χ0) is 8.67. The summed E-state index contributed by atoms with van der Waals surface area (Å²) in [5.41, 5.74) is 1.55. The van der Waals surface area contributed by atoms with Crippen molar-refractivity contribution in [2.45, 2.75) is 24.9 Å². The number of fused-ring (bicyclic) bond motifs is 3. The molecule has 0 bridgehead atoms. The van der Waals surface area contributed by atoms with Gasteiger partial charge in [0, 0.05) is 29.1 Å². The molecule has 2 atom stereocenters. The second kappa shape index (κ2) is 3.30. The number of thioether (sulfide) groups is 1. The first-order chi connectivity index (χ1) is 6.45. The van der Waals surface area contributed by atoms with Crippen molar-refractivity contribution in [1.82, 2.24) is 5.32 Å². The molecular formula is C10H13NS2. The van der Waals surface area contributed by atoms with E-state index in [1.54, 1.807) is 10.4 Å². The Balaban J connectivity index is 1.97. The Labute approximate surface area is 86.9 Å². The van der Waals surface area contributed by atoms with Gasteiger partial charge in [-0.3, -0.25) is 0 Å². The van der Waals surface area contributed by atoms with Crippen molar-refractivity contribution in [3.63, 3.8) is 0 Å². The first-order valence-corrected chi connectivity index (χ1v) is 6.86. The van der Waals surface area contributed by atoms with E-state index in [1.807, 2.05) is 11.3 Å². The molecule has 2 unspecified atom stereocenters. The number of nitrogens with one attached hydrogen (secondary N) is 1. The van der Waals surface area contributed by atoms with Crippen LogP contribution in [0.25, 0.3) is 0 Å². The molecule has 3 heteroatoms. The van der Waals surface area contributed by atoms with Gasteiger partial charge in [-0.1, -0.05) is 0 Å². The van der Waals surface area contributed by atoms with Crippen molar-refractivity contribution in [2.75, 3.05) is 11.5 Å². The van der Waals surface area contributed by atoms with Gasteiger partial charge in [-0.25, -0.2) is 0 Å². The molecule has 0 spiro atoms. The molecule has 13 heavy (non-hydrogen) atoms. The minimum atomic E-state index is 0.771. The monoisotopic (exact) mass is 211 g/mol. The number of rotatable bonds is 0. The molecular weight excluding hydrogens is 198 g/mol. The molecule has 1 saturated heterocycles. The summed E-state index contributed by atoms with van der Waals surface area (Å²) in [5.74, 6) is 3.47. The predicted octanol–water partition coefficient (Wildman–Crippen LogP) is 2.44. The molecule has 1 fully saturated rings. The Hall–Kier alpha value is 0.01000. The van der Waals surface area contributed by atoms with Crippen molar-refractivity contribution < 1.29 is 0 Å². The average molecular weight is 211 g/mol. The van der Waals surface area contributed by atoms with E-state index >= 15 is 0 Å². The zero-order valence-corrected chi connectivity index (χ0v) is 9.09. The van der Waals surface area contributed by atoms with Gasteiger partial charge in [-0.05, 0) is 29.2 Å². The highest BCUT2D eigenvalue weighted by atomic mass is 32.2. The third-order valence-corrected chi connectivity index (χ3v) is 5.24. The van der Waals surface area contributed by atoms with Gasteiger partial charge >= 0.3 is 0 Å². The molecule has 0 amide bonds. The fourth-order valence-corrected chi connectivity index (χ4v) is 4.74. The maximum atomic E-state index is 3.66. The minimum Gasteiger partial charge on any atom is -0.309 e. The lowest BCUT2D eigenvalue weighted by Crippen LogP contribution is -2.42. The fourth-order valence-electron chi connectivity index (χ4n) is 2.30. The summed E-state index contributed by atoms with van der Waals surface area (Å²) in [6.07, 6.45) is 1.35. The molecule has 0 aliphatic carbocycles. The van der Waals surface area contributed by atoms with Crippen LogP contribution in [-0.4, -0.2) is 17.5 Å². The second-order valence-corrected chi connectivity index (χ2v) is 5.87. The van der Waals surface area contributed by atoms with E-state index in [9.17, 15) is 0 Å². The molecule has 1 aromatic heterocycles. The summed E-state index contributed by atoms with van der Waals surface area (Å²) in [4.78, 5) is 1.66. The molecule has 2 aliphatic heterocycles. The summed E-state index contributed by atoms with van der Waals surface area (Å²) >= 11 is 4.07. The van der Waals surface area contributed by atoms with Crippen LogP contribution in [0.5, 0.6) is 0 Å². The van der Waals surface area contributed by atoms with Crippen LogP contribution in [0.1, 0.15) is 22.8 Å². The van der Waals surface area contributed by atoms with Gasteiger partial charge in [-0.15, -0.1) is 11.3 Å². The molecule has 1 N–H and O–H groups in total. The summed E-state index contributed by atoms with van der Waals surface area (Å²) in [6.45, 7) is 1.10. The summed E-state index contributed by atoms with van der Waals surface area (Å²) in [5, 5.41) is 5.90. The van der Waals surface area contributed by atoms with Gasteiger partial charge in [0.1, 0.15) is 0 Å². The largest absolute Gasteiger partial charge is 0.309 e. The van der Waals surface area contributed by atoms with Crippen LogP contribution in [0.3, 0.4) is 0 Å². The lowest BCUT2D eigenvalue weighted by molar-refractivity contribution is 0.414. The van der Waals surface area contributed by atoms with Gasteiger partial charge in [0.05, 0.1) is 0 Å². The van der Waals surface area contributed by atoms with Crippen molar-refractivity contribution in [3.05, 3.63) is 21.9 Å². The number of hydrogen-bond donors (Lipinski definition) is 1. The van der Waals surface area contributed by atoms with Crippen LogP contribution in [0, 0.1) is 0 Å². The summed E-state index contributed by atoms with van der Waals surface area (Å²) in [7, 11) is 0. The Morgan fingerprint density at radius 1 is 1.46 bits per heavy atom. The molecule has 1 aromatic rings. The van der Waals surface area contributed by atoms with E-state index < -0.39 is 0 Å². The van der Waals surface area contributed by atoms with E-state index in [2.05, 4.69) is 28.5 Å². The van der Waals surface area contributed by atoms with Crippen LogP contribution >= 0.6 is 23.1 Å². The molecule has 2 aliphatic rings. The standard InChI is InChI=1S/C10H13NS2/c1-4-13-10-7(1)5-11-9-2-3-12-6-8(9)10/h1,4,8-9,11H,2-3,5-6H2. The van der Waals surface area contributed by atoms with Gasteiger partial charge in [0.15, 0.2) is 0 Å². The fraction of sp³-hybridized carbons (Fsp3) is 0.600. The highest BCUT2D eigenvalue weighted by Crippen LogP contribution is 2.39. The summed E-state index contributed by atoms with van der Waals surface area (Å²) in [6, 6.07) is 3.05. The van der Waals surface area contributed by atoms with E-state index in [1.165, 1.54) is 17.9 Å². The molecule has 0 saturated carbocycles. The first-order valence-electron chi connectivity index (χ1n) is 4.82. The van der Waals surface area contributed by atoms with Crippen LogP contribution < -0.4 is 5.32 Å². The van der Waals surface area contributed by atoms with E-state index in [0.29, 0.717) is 0 Å². The topological polar surface area (TPSA) is 12.0 Å². The van der Waals surface area contributed by atoms with Gasteiger partial charge in [0.25, 0.3) is 0 Å². The summed E-state index contributed by atoms with van der Waals surface area (Å²) < 4.78 is 0. The predicted molar refractivity (Wildman–Crippen MR) is 59.6 cm³/mol. The van der Waals surface area contributed by atoms with E-state index in [-0.39, 0.29) is 0 Å². The molecule has 3 heterocycles. The van der Waals surface area contributed by atoms with E-state index in [4.69, 9.17) is 0 Å². The Morgan fingerprint density at radius 2 is 2.46 bits per heavy atom. The highest BCUT2D eigenvalue weighted by Gasteiger charge is 2.32. The molecule has 1 nitrogen and oxygen atoms in total. The normalized spacial score (nSPS) is 32.3. The SMILES string of the molecule is c1cc2c(s1)C1CSCCC1NC2. The number of thiophene rings is 1. The van der Waals surface area contributed by atoms with Gasteiger partial charge in [0.2, 0.25) is 0 Å². The Morgan fingerprint density at radius 3 is 3.46 bits per heavy atom. The van der Waals surface area contributed by atoms with Crippen molar-refractivity contribution in [3.8, 4) is 0 Å². The lowest BCUT2D eigenvalue weighted by atomic mass is 9.91. The minimum absolute atomic E-state index is 0.771. The number of hydrogen-bond acceptors (Lipinski definition) is 3. The average Bonchev–Trinajstić information content (AvgIpc) is 2.65. The molecule has 0 aromatic carbocycles. The maximum Gasteiger partial charge on any atom is 0.0219 e. The third kappa shape index (κ3) is 1.34. The molecule has 70 valence electrons. The van der Waals surface area contributed by atoms with E-state index in [0.717, 1.165) is 18.5 Å². The lowest BCUT2D eigenvalue weighted by Gasteiger charge is -2.35. The van der Waals surface area contributed by atoms with Crippen molar-refractivity contribution in [1.29, 1.82) is 0 Å². The smallest absolute Gasteiger partial charge is 0.0219 e. The first kappa shape index (κ1) is 8.33. The van der Waals surface area contributed by atoms with Crippen molar-refractivity contribution >= 4 is 23.1 Å². The molecule has 3 rings (SSSR count). The van der Waals surface area contributed by atoms with Crippen LogP contribution in [0.2, 0.25) is 0 Å². The van der Waals surface area contributed by atoms with Crippen LogP contribution in [0.4, 0.5) is 0 Å². The zero-order valence-electron chi connectivity index (χ0n) is 7.45. The van der Waals surface area contributed by atoms with Crippen LogP contribution in [0.15, 0.2) is 11.4 Å². The van der Waals surface area contributed by atoms with Gasteiger partial charge < -0.3 is 5.32 Å². The Kier molecular flexibility index (Phi) is 2.11. The molecule has 0 radical (unpaired) electrons. The van der Waals surface area contributed by atoms with Crippen molar-refractivity contribution in [2.24, 2.45) is 0 Å². The maximum absolute atomic E-state index is 3.66. The third-order valence-electron chi connectivity index (χ3n) is 3.03. The van der Waals surface area contributed by atoms with Gasteiger partial charge in [-0.2, -0.15) is 11.8 Å². The Bertz CT molecular complexity index is 308. The quantitative estimate of drug-likeness (QED) is 0.707. The van der Waals surface area contributed by atoms with Crippen LogP contribution in [-0.2, 0) is 6.54 Å². The highest BCUT2D eigenvalue weighted by molar-refractivity contribution is 7.99. The second-order valence-electron chi connectivity index (χ2n) is 3.77.